The van der Waals surface area contributed by atoms with Gasteiger partial charge in [-0.3, -0.25) is 4.90 Å². The van der Waals surface area contributed by atoms with E-state index < -0.39 is 0 Å². The summed E-state index contributed by atoms with van der Waals surface area (Å²) in [6.07, 6.45) is 3.33. The van der Waals surface area contributed by atoms with Crippen LogP contribution in [0.1, 0.15) is 24.3 Å². The molecule has 2 N–H and O–H groups in total. The van der Waals surface area contributed by atoms with E-state index in [4.69, 9.17) is 5.73 Å². The maximum Gasteiger partial charge on any atom is 0.0702 e. The van der Waals surface area contributed by atoms with Crippen molar-refractivity contribution in [1.82, 2.24) is 4.90 Å². The molecule has 0 aromatic carbocycles. The molecule has 0 aliphatic heterocycles. The van der Waals surface area contributed by atoms with Crippen LogP contribution in [0.5, 0.6) is 0 Å². The lowest BCUT2D eigenvalue weighted by molar-refractivity contribution is 0.190. The summed E-state index contributed by atoms with van der Waals surface area (Å²) in [5, 5.41) is 0. The summed E-state index contributed by atoms with van der Waals surface area (Å²) in [6, 6.07) is 5.21. The van der Waals surface area contributed by atoms with E-state index in [1.807, 2.05) is 11.8 Å². The molecule has 0 amide bonds. The van der Waals surface area contributed by atoms with Crippen molar-refractivity contribution in [3.8, 4) is 0 Å². The van der Waals surface area contributed by atoms with Crippen molar-refractivity contribution in [2.75, 3.05) is 25.6 Å². The van der Waals surface area contributed by atoms with Gasteiger partial charge in [-0.05, 0) is 47.8 Å². The molecule has 17 heavy (non-hydrogen) atoms. The summed E-state index contributed by atoms with van der Waals surface area (Å²) in [5.74, 6) is 1.16. The second-order valence-corrected chi connectivity index (χ2v) is 7.48. The molecule has 2 atom stereocenters. The van der Waals surface area contributed by atoms with Gasteiger partial charge < -0.3 is 5.73 Å². The van der Waals surface area contributed by atoms with E-state index in [1.54, 1.807) is 11.3 Å². The average Bonchev–Trinajstić information content (AvgIpc) is 2.73. The van der Waals surface area contributed by atoms with Crippen molar-refractivity contribution in [1.29, 1.82) is 0 Å². The Morgan fingerprint density at radius 3 is 2.65 bits per heavy atom. The number of thioether (sulfide) groups is 1. The van der Waals surface area contributed by atoms with Crippen molar-refractivity contribution in [3.05, 3.63) is 20.8 Å². The number of halogens is 1. The normalized spacial score (nSPS) is 15.2. The predicted molar refractivity (Wildman–Crippen MR) is 84.0 cm³/mol. The molecule has 1 aromatic rings. The van der Waals surface area contributed by atoms with Gasteiger partial charge in [-0.15, -0.1) is 11.3 Å². The number of nitrogens with two attached hydrogens (primary N) is 1. The van der Waals surface area contributed by atoms with Crippen molar-refractivity contribution in [3.63, 3.8) is 0 Å². The van der Waals surface area contributed by atoms with Gasteiger partial charge in [0.25, 0.3) is 0 Å². The molecule has 0 fully saturated rings. The number of hydrogen-bond donors (Lipinski definition) is 1. The highest BCUT2D eigenvalue weighted by Crippen LogP contribution is 2.31. The molecule has 1 heterocycles. The monoisotopic (exact) mass is 336 g/mol. The maximum absolute atomic E-state index is 5.95. The van der Waals surface area contributed by atoms with Crippen molar-refractivity contribution in [2.24, 2.45) is 5.73 Å². The summed E-state index contributed by atoms with van der Waals surface area (Å²) < 4.78 is 1.18. The highest BCUT2D eigenvalue weighted by molar-refractivity contribution is 9.11. The van der Waals surface area contributed by atoms with E-state index in [-0.39, 0.29) is 0 Å². The third kappa shape index (κ3) is 4.24. The molecule has 2 nitrogen and oxygen atoms in total. The van der Waals surface area contributed by atoms with E-state index in [2.05, 4.69) is 53.2 Å². The van der Waals surface area contributed by atoms with Gasteiger partial charge in [-0.25, -0.2) is 0 Å². The van der Waals surface area contributed by atoms with Gasteiger partial charge in [0.05, 0.1) is 9.83 Å². The zero-order valence-electron chi connectivity index (χ0n) is 10.6. The second kappa shape index (κ2) is 7.79. The third-order valence-corrected chi connectivity index (χ3v) is 5.49. The fourth-order valence-corrected chi connectivity index (χ4v) is 4.41. The zero-order chi connectivity index (χ0) is 12.8. The van der Waals surface area contributed by atoms with Crippen LogP contribution in [0.25, 0.3) is 0 Å². The van der Waals surface area contributed by atoms with E-state index in [9.17, 15) is 0 Å². The van der Waals surface area contributed by atoms with Crippen LogP contribution in [0, 0.1) is 0 Å². The number of nitrogens with zero attached hydrogens (tertiary/aromatic N) is 1. The van der Waals surface area contributed by atoms with Crippen LogP contribution < -0.4 is 5.73 Å². The topological polar surface area (TPSA) is 29.3 Å². The molecule has 98 valence electrons. The molecular weight excluding hydrogens is 316 g/mol. The minimum Gasteiger partial charge on any atom is -0.329 e. The van der Waals surface area contributed by atoms with Gasteiger partial charge in [0.15, 0.2) is 0 Å². The lowest BCUT2D eigenvalue weighted by Gasteiger charge is -2.33. The lowest BCUT2D eigenvalue weighted by atomic mass is 10.1. The molecule has 0 radical (unpaired) electrons. The summed E-state index contributed by atoms with van der Waals surface area (Å²) >= 11 is 7.20. The van der Waals surface area contributed by atoms with Gasteiger partial charge in [0, 0.05) is 23.2 Å². The smallest absolute Gasteiger partial charge is 0.0702 e. The van der Waals surface area contributed by atoms with Crippen LogP contribution in [0.15, 0.2) is 15.9 Å². The summed E-state index contributed by atoms with van der Waals surface area (Å²) in [6.45, 7) is 2.92. The van der Waals surface area contributed by atoms with Gasteiger partial charge in [-0.2, -0.15) is 11.8 Å². The van der Waals surface area contributed by atoms with Crippen LogP contribution in [-0.4, -0.2) is 36.5 Å². The molecule has 0 saturated heterocycles. The Morgan fingerprint density at radius 2 is 2.24 bits per heavy atom. The lowest BCUT2D eigenvalue weighted by Crippen LogP contribution is -2.39. The average molecular weight is 337 g/mol. The maximum atomic E-state index is 5.95. The van der Waals surface area contributed by atoms with Gasteiger partial charge in [-0.1, -0.05) is 6.92 Å². The zero-order valence-corrected chi connectivity index (χ0v) is 13.9. The molecule has 2 unspecified atom stereocenters. The van der Waals surface area contributed by atoms with E-state index >= 15 is 0 Å². The molecule has 0 saturated carbocycles. The Labute approximate surface area is 121 Å². The van der Waals surface area contributed by atoms with E-state index in [0.717, 1.165) is 5.75 Å². The summed E-state index contributed by atoms with van der Waals surface area (Å²) in [5.41, 5.74) is 5.95. The predicted octanol–water partition coefficient (Wildman–Crippen LogP) is 3.58. The highest BCUT2D eigenvalue weighted by atomic mass is 79.9. The number of hydrogen-bond acceptors (Lipinski definition) is 4. The van der Waals surface area contributed by atoms with Gasteiger partial charge in [0.2, 0.25) is 0 Å². The SMILES string of the molecule is CCC(CSC)N(C)C(CN)c1ccc(Br)s1. The minimum atomic E-state index is 0.336. The Balaban J connectivity index is 2.78. The summed E-state index contributed by atoms with van der Waals surface area (Å²) in [4.78, 5) is 3.77. The van der Waals surface area contributed by atoms with E-state index in [1.165, 1.54) is 15.1 Å². The Bertz CT molecular complexity index is 330. The molecule has 0 spiro atoms. The van der Waals surface area contributed by atoms with Crippen LogP contribution in [0.4, 0.5) is 0 Å². The molecule has 0 aliphatic carbocycles. The molecule has 5 heteroatoms. The molecule has 0 aliphatic rings. The number of rotatable bonds is 7. The van der Waals surface area contributed by atoms with Gasteiger partial charge >= 0.3 is 0 Å². The molecule has 1 rings (SSSR count). The number of likely N-dealkylation sites (N-methyl/N-ethyl adjacent to an activating group) is 1. The second-order valence-electron chi connectivity index (χ2n) is 4.08. The van der Waals surface area contributed by atoms with Crippen LogP contribution in [-0.2, 0) is 0 Å². The van der Waals surface area contributed by atoms with Crippen molar-refractivity contribution < 1.29 is 0 Å². The molecule has 1 aromatic heterocycles. The van der Waals surface area contributed by atoms with E-state index in [0.29, 0.717) is 18.6 Å². The van der Waals surface area contributed by atoms with Crippen molar-refractivity contribution >= 4 is 39.0 Å². The largest absolute Gasteiger partial charge is 0.329 e. The Hall–Kier alpha value is 0.450. The first-order valence-electron chi connectivity index (χ1n) is 5.80. The third-order valence-electron chi connectivity index (χ3n) is 3.04. The van der Waals surface area contributed by atoms with Crippen LogP contribution >= 0.6 is 39.0 Å². The van der Waals surface area contributed by atoms with Crippen LogP contribution in [0.2, 0.25) is 0 Å². The fraction of sp³-hybridized carbons (Fsp3) is 0.667. The van der Waals surface area contributed by atoms with Crippen LogP contribution in [0.3, 0.4) is 0 Å². The fourth-order valence-electron chi connectivity index (χ4n) is 1.96. The quantitative estimate of drug-likeness (QED) is 0.825. The summed E-state index contributed by atoms with van der Waals surface area (Å²) in [7, 11) is 2.19. The molecule has 0 bridgehead atoms. The number of thiophene rings is 1. The van der Waals surface area contributed by atoms with Crippen molar-refractivity contribution in [2.45, 2.75) is 25.4 Å². The highest BCUT2D eigenvalue weighted by Gasteiger charge is 2.22. The van der Waals surface area contributed by atoms with Gasteiger partial charge in [0.1, 0.15) is 0 Å². The standard InChI is InChI=1S/C12H21BrN2S2/c1-4-9(8-16-3)15(2)10(7-14)11-5-6-12(13)17-11/h5-6,9-10H,4,7-8,14H2,1-3H3. The first-order chi connectivity index (χ1) is 8.13. The molecular formula is C12H21BrN2S2. The first-order valence-corrected chi connectivity index (χ1v) is 8.80. The Morgan fingerprint density at radius 1 is 1.53 bits per heavy atom. The Kier molecular flexibility index (Phi) is 7.11. The minimum absolute atomic E-state index is 0.336. The first kappa shape index (κ1) is 15.5.